The molecule has 36 heavy (non-hydrogen) atoms. The number of aromatic nitrogens is 2. The number of amides is 2. The lowest BCUT2D eigenvalue weighted by molar-refractivity contribution is -0.122. The number of aryl methyl sites for hydroxylation is 2. The zero-order chi connectivity index (χ0) is 25.2. The molecule has 3 aromatic carbocycles. The number of rotatable bonds is 6. The maximum Gasteiger partial charge on any atom is 0.260 e. The van der Waals surface area contributed by atoms with Gasteiger partial charge in [0, 0.05) is 24.2 Å². The van der Waals surface area contributed by atoms with E-state index >= 15 is 0 Å². The van der Waals surface area contributed by atoms with Crippen LogP contribution in [-0.4, -0.2) is 35.6 Å². The predicted molar refractivity (Wildman–Crippen MR) is 137 cm³/mol. The van der Waals surface area contributed by atoms with Crippen LogP contribution in [0.5, 0.6) is 5.75 Å². The van der Waals surface area contributed by atoms with Gasteiger partial charge in [0.15, 0.2) is 0 Å². The molecule has 0 saturated carbocycles. The van der Waals surface area contributed by atoms with E-state index in [-0.39, 0.29) is 24.1 Å². The van der Waals surface area contributed by atoms with Gasteiger partial charge in [0.2, 0.25) is 17.6 Å². The molecule has 0 spiro atoms. The zero-order valence-corrected chi connectivity index (χ0v) is 20.3. The van der Waals surface area contributed by atoms with E-state index in [2.05, 4.69) is 15.5 Å². The van der Waals surface area contributed by atoms with Crippen molar-refractivity contribution < 1.29 is 18.8 Å². The largest absolute Gasteiger partial charge is 0.497 e. The Kier molecular flexibility index (Phi) is 6.25. The lowest BCUT2D eigenvalue weighted by Gasteiger charge is -2.19. The third kappa shape index (κ3) is 4.57. The lowest BCUT2D eigenvalue weighted by Crippen LogP contribution is -2.28. The van der Waals surface area contributed by atoms with Crippen LogP contribution in [0.3, 0.4) is 0 Å². The highest BCUT2D eigenvalue weighted by molar-refractivity contribution is 6.04. The molecule has 182 valence electrons. The molecule has 0 radical (unpaired) electrons. The third-order valence-electron chi connectivity index (χ3n) is 6.33. The lowest BCUT2D eigenvalue weighted by atomic mass is 10.1. The Morgan fingerprint density at radius 3 is 2.61 bits per heavy atom. The first kappa shape index (κ1) is 23.3. The maximum absolute atomic E-state index is 13.2. The van der Waals surface area contributed by atoms with E-state index in [0.717, 1.165) is 28.1 Å². The molecule has 1 aliphatic heterocycles. The molecule has 8 heteroatoms. The van der Waals surface area contributed by atoms with Gasteiger partial charge >= 0.3 is 0 Å². The van der Waals surface area contributed by atoms with E-state index in [9.17, 15) is 9.59 Å². The number of anilines is 2. The minimum absolute atomic E-state index is 0.0589. The standard InChI is InChI=1S/C28H26N4O4/c1-17-8-13-24(18(2)14-17)32-16-20(15-25(32)33)27(34)29-23-7-5-4-6-22(23)28-30-26(31-36-28)19-9-11-21(35-3)12-10-19/h4-14,20H,15-16H2,1-3H3,(H,29,34). The summed E-state index contributed by atoms with van der Waals surface area (Å²) in [5.41, 5.74) is 4.92. The minimum Gasteiger partial charge on any atom is -0.497 e. The van der Waals surface area contributed by atoms with Crippen molar-refractivity contribution >= 4 is 23.2 Å². The van der Waals surface area contributed by atoms with Gasteiger partial charge in [0.05, 0.1) is 24.3 Å². The number of nitrogens with zero attached hydrogens (tertiary/aromatic N) is 3. The van der Waals surface area contributed by atoms with Crippen LogP contribution in [0.15, 0.2) is 71.3 Å². The van der Waals surface area contributed by atoms with E-state index < -0.39 is 5.92 Å². The third-order valence-corrected chi connectivity index (χ3v) is 6.33. The average molecular weight is 483 g/mol. The first-order chi connectivity index (χ1) is 17.4. The van der Waals surface area contributed by atoms with Crippen LogP contribution in [0.25, 0.3) is 22.8 Å². The van der Waals surface area contributed by atoms with Gasteiger partial charge in [-0.3, -0.25) is 9.59 Å². The van der Waals surface area contributed by atoms with Crippen molar-refractivity contribution in [3.63, 3.8) is 0 Å². The SMILES string of the molecule is COc1ccc(-c2noc(-c3ccccc3NC(=O)C3CC(=O)N(c4ccc(C)cc4C)C3)n2)cc1. The summed E-state index contributed by atoms with van der Waals surface area (Å²) in [6.07, 6.45) is 0.156. The number of carbonyl (C=O) groups is 2. The number of ether oxygens (including phenoxy) is 1. The average Bonchev–Trinajstić information content (AvgIpc) is 3.52. The first-order valence-corrected chi connectivity index (χ1v) is 11.7. The fourth-order valence-electron chi connectivity index (χ4n) is 4.43. The normalized spacial score (nSPS) is 15.2. The van der Waals surface area contributed by atoms with Crippen molar-refractivity contribution in [3.8, 4) is 28.6 Å². The van der Waals surface area contributed by atoms with Crippen LogP contribution in [0, 0.1) is 19.8 Å². The van der Waals surface area contributed by atoms with Gasteiger partial charge in [0.25, 0.3) is 5.89 Å². The number of nitrogens with one attached hydrogen (secondary N) is 1. The molecule has 0 bridgehead atoms. The molecule has 0 aliphatic carbocycles. The van der Waals surface area contributed by atoms with Crippen molar-refractivity contribution in [1.82, 2.24) is 10.1 Å². The van der Waals surface area contributed by atoms with E-state index in [1.54, 1.807) is 18.1 Å². The molecule has 5 rings (SSSR count). The van der Waals surface area contributed by atoms with Crippen LogP contribution < -0.4 is 15.0 Å². The smallest absolute Gasteiger partial charge is 0.260 e. The quantitative estimate of drug-likeness (QED) is 0.414. The molecule has 4 aromatic rings. The molecule has 1 saturated heterocycles. The second kappa shape index (κ2) is 9.65. The summed E-state index contributed by atoms with van der Waals surface area (Å²) in [6, 6.07) is 20.5. The minimum atomic E-state index is -0.469. The summed E-state index contributed by atoms with van der Waals surface area (Å²) in [5.74, 6) is 0.700. The summed E-state index contributed by atoms with van der Waals surface area (Å²) >= 11 is 0. The Hall–Kier alpha value is -4.46. The van der Waals surface area contributed by atoms with Crippen molar-refractivity contribution in [2.75, 3.05) is 23.9 Å². The van der Waals surface area contributed by atoms with Crippen LogP contribution in [0.4, 0.5) is 11.4 Å². The molecule has 1 N–H and O–H groups in total. The Bertz CT molecular complexity index is 1430. The number of carbonyl (C=O) groups excluding carboxylic acids is 2. The summed E-state index contributed by atoms with van der Waals surface area (Å²) in [7, 11) is 1.61. The Balaban J connectivity index is 1.33. The van der Waals surface area contributed by atoms with Crippen molar-refractivity contribution in [3.05, 3.63) is 77.9 Å². The monoisotopic (exact) mass is 482 g/mol. The molecule has 2 amide bonds. The van der Waals surface area contributed by atoms with Crippen molar-refractivity contribution in [1.29, 1.82) is 0 Å². The number of hydrogen-bond acceptors (Lipinski definition) is 6. The van der Waals surface area contributed by atoms with Gasteiger partial charge in [0.1, 0.15) is 5.75 Å². The van der Waals surface area contributed by atoms with Crippen LogP contribution in [0.1, 0.15) is 17.5 Å². The summed E-state index contributed by atoms with van der Waals surface area (Å²) in [6.45, 7) is 4.32. The molecule has 1 aliphatic rings. The molecule has 2 heterocycles. The van der Waals surface area contributed by atoms with Gasteiger partial charge in [-0.05, 0) is 61.9 Å². The van der Waals surface area contributed by atoms with Gasteiger partial charge in [-0.1, -0.05) is 35.0 Å². The second-order valence-corrected chi connectivity index (χ2v) is 8.88. The van der Waals surface area contributed by atoms with Gasteiger partial charge < -0.3 is 19.5 Å². The van der Waals surface area contributed by atoms with E-state index in [4.69, 9.17) is 9.26 Å². The van der Waals surface area contributed by atoms with Crippen molar-refractivity contribution in [2.45, 2.75) is 20.3 Å². The topological polar surface area (TPSA) is 97.6 Å². The number of benzene rings is 3. The molecule has 1 unspecified atom stereocenters. The summed E-state index contributed by atoms with van der Waals surface area (Å²) in [5, 5.41) is 7.06. The van der Waals surface area contributed by atoms with E-state index in [1.165, 1.54) is 0 Å². The van der Waals surface area contributed by atoms with E-state index in [1.807, 2.05) is 74.5 Å². The highest BCUT2D eigenvalue weighted by Crippen LogP contribution is 2.32. The first-order valence-electron chi connectivity index (χ1n) is 11.7. The number of hydrogen-bond donors (Lipinski definition) is 1. The van der Waals surface area contributed by atoms with Crippen molar-refractivity contribution in [2.24, 2.45) is 5.92 Å². The van der Waals surface area contributed by atoms with Gasteiger partial charge in [-0.15, -0.1) is 0 Å². The molecule has 1 atom stereocenters. The Morgan fingerprint density at radius 1 is 1.08 bits per heavy atom. The highest BCUT2D eigenvalue weighted by Gasteiger charge is 2.36. The fraction of sp³-hybridized carbons (Fsp3) is 0.214. The summed E-state index contributed by atoms with van der Waals surface area (Å²) < 4.78 is 10.7. The predicted octanol–water partition coefficient (Wildman–Crippen LogP) is 5.02. The van der Waals surface area contributed by atoms with Gasteiger partial charge in [-0.2, -0.15) is 4.98 Å². The number of methoxy groups -OCH3 is 1. The van der Waals surface area contributed by atoms with Gasteiger partial charge in [-0.25, -0.2) is 0 Å². The second-order valence-electron chi connectivity index (χ2n) is 8.88. The maximum atomic E-state index is 13.2. The van der Waals surface area contributed by atoms with Crippen LogP contribution >= 0.6 is 0 Å². The molecule has 1 aromatic heterocycles. The number of para-hydroxylation sites is 1. The van der Waals surface area contributed by atoms with Crippen LogP contribution in [-0.2, 0) is 9.59 Å². The fourth-order valence-corrected chi connectivity index (χ4v) is 4.43. The van der Waals surface area contributed by atoms with E-state index in [0.29, 0.717) is 23.6 Å². The molecular formula is C28H26N4O4. The Morgan fingerprint density at radius 2 is 1.86 bits per heavy atom. The molecular weight excluding hydrogens is 456 g/mol. The Labute approximate surface area is 208 Å². The zero-order valence-electron chi connectivity index (χ0n) is 20.3. The summed E-state index contributed by atoms with van der Waals surface area (Å²) in [4.78, 5) is 32.1. The highest BCUT2D eigenvalue weighted by atomic mass is 16.5. The molecule has 1 fully saturated rings. The molecule has 8 nitrogen and oxygen atoms in total. The van der Waals surface area contributed by atoms with Crippen LogP contribution in [0.2, 0.25) is 0 Å².